The van der Waals surface area contributed by atoms with E-state index in [0.717, 1.165) is 64.1 Å². The third-order valence-electron chi connectivity index (χ3n) is 10.9. The lowest BCUT2D eigenvalue weighted by Crippen LogP contribution is -2.57. The minimum Gasteiger partial charge on any atom is -0.453 e. The molecule has 7 rings (SSSR count). The van der Waals surface area contributed by atoms with Crippen molar-refractivity contribution in [1.29, 1.82) is 0 Å². The number of hydrogen-bond acceptors (Lipinski definition) is 11. The van der Waals surface area contributed by atoms with Crippen LogP contribution in [0, 0.1) is 0 Å². The number of aliphatic hydroxyl groups is 1. The van der Waals surface area contributed by atoms with Crippen molar-refractivity contribution in [2.45, 2.75) is 63.4 Å². The highest BCUT2D eigenvalue weighted by Crippen LogP contribution is 2.34. The fraction of sp³-hybridized carbons (Fsp3) is 0.429. The summed E-state index contributed by atoms with van der Waals surface area (Å²) in [4.78, 5) is 71.0. The molecule has 0 aliphatic carbocycles. The molecule has 5 aromatic rings. The number of aromatic nitrogens is 4. The summed E-state index contributed by atoms with van der Waals surface area (Å²) >= 11 is 0. The van der Waals surface area contributed by atoms with Gasteiger partial charge in [-0.25, -0.2) is 19.6 Å². The second kappa shape index (κ2) is 19.1. The number of rotatable bonds is 11. The van der Waals surface area contributed by atoms with E-state index in [-0.39, 0.29) is 24.5 Å². The zero-order valence-corrected chi connectivity index (χ0v) is 34.1. The molecule has 0 spiro atoms. The van der Waals surface area contributed by atoms with Crippen LogP contribution in [0.5, 0.6) is 0 Å². The standard InChI is InChI=1S/C41H48N8O8.CH4O/c1-6-29(46-40(52)55-4)38(50)48-15-7-8-33(48)36-42-21-32(45-36)28-12-11-24-18-25(9-10-26(24)19-28)27-13-14-30-31(20-27)44-37(43-30)34-22-57-17-16-49(34)39(51)35(23(2)54-3)47-41(53)56-5;1-2/h9-14,18-21,23,29,33-35H,6-8,15-17,22H2,1-5H3,(H,42,45)(H,43,44)(H,46,52)(H,47,53);2H,1H3/t23?,29-,33-,34?,35?;/m0./s1. The van der Waals surface area contributed by atoms with E-state index < -0.39 is 36.4 Å². The van der Waals surface area contributed by atoms with Gasteiger partial charge in [-0.15, -0.1) is 0 Å². The van der Waals surface area contributed by atoms with Crippen LogP contribution in [0.3, 0.4) is 0 Å². The molecule has 2 fully saturated rings. The average molecular weight is 813 g/mol. The minimum absolute atomic E-state index is 0.146. The van der Waals surface area contributed by atoms with Gasteiger partial charge in [0.2, 0.25) is 11.8 Å². The lowest BCUT2D eigenvalue weighted by atomic mass is 9.99. The number of carbonyl (C=O) groups excluding carboxylic acids is 4. The Labute approximate surface area is 341 Å². The van der Waals surface area contributed by atoms with Crippen LogP contribution in [0.1, 0.15) is 56.8 Å². The van der Waals surface area contributed by atoms with Crippen LogP contribution in [-0.4, -0.2) is 132 Å². The summed E-state index contributed by atoms with van der Waals surface area (Å²) in [7, 11) is 5.01. The molecule has 17 nitrogen and oxygen atoms in total. The maximum atomic E-state index is 13.8. The molecular formula is C42H52N8O9. The molecule has 2 aliphatic rings. The average Bonchev–Trinajstić information content (AvgIpc) is 4.07. The number of ether oxygens (including phenoxy) is 4. The first-order valence-electron chi connectivity index (χ1n) is 19.6. The molecule has 2 aromatic heterocycles. The van der Waals surface area contributed by atoms with Gasteiger partial charge in [0, 0.05) is 32.9 Å². The minimum atomic E-state index is -0.960. The van der Waals surface area contributed by atoms with Gasteiger partial charge in [-0.1, -0.05) is 37.3 Å². The Morgan fingerprint density at radius 1 is 0.847 bits per heavy atom. The molecule has 17 heteroatoms. The second-order valence-corrected chi connectivity index (χ2v) is 14.3. The van der Waals surface area contributed by atoms with E-state index in [0.29, 0.717) is 37.8 Å². The number of aliphatic hydroxyl groups excluding tert-OH is 1. The van der Waals surface area contributed by atoms with Gasteiger partial charge in [0.05, 0.1) is 62.5 Å². The Bertz CT molecular complexity index is 2270. The van der Waals surface area contributed by atoms with Gasteiger partial charge in [-0.2, -0.15) is 0 Å². The lowest BCUT2D eigenvalue weighted by Gasteiger charge is -2.37. The first-order valence-corrected chi connectivity index (χ1v) is 19.6. The number of amides is 4. The maximum absolute atomic E-state index is 13.8. The lowest BCUT2D eigenvalue weighted by molar-refractivity contribution is -0.145. The first-order chi connectivity index (χ1) is 28.6. The number of morpholine rings is 1. The van der Waals surface area contributed by atoms with E-state index >= 15 is 0 Å². The predicted octanol–water partition coefficient (Wildman–Crippen LogP) is 4.84. The molecule has 4 amide bonds. The van der Waals surface area contributed by atoms with Crippen molar-refractivity contribution in [2.75, 3.05) is 54.7 Å². The number of methoxy groups -OCH3 is 3. The van der Waals surface area contributed by atoms with Crippen molar-refractivity contribution in [1.82, 2.24) is 40.4 Å². The summed E-state index contributed by atoms with van der Waals surface area (Å²) in [6.07, 6.45) is 1.92. The number of imidazole rings is 2. The van der Waals surface area contributed by atoms with Gasteiger partial charge in [0.1, 0.15) is 29.8 Å². The molecule has 0 bridgehead atoms. The van der Waals surface area contributed by atoms with Crippen LogP contribution in [0.25, 0.3) is 44.2 Å². The molecular weight excluding hydrogens is 761 g/mol. The molecule has 2 aliphatic heterocycles. The van der Waals surface area contributed by atoms with Crippen LogP contribution in [0.15, 0.2) is 60.8 Å². The normalized spacial score (nSPS) is 18.1. The highest BCUT2D eigenvalue weighted by molar-refractivity contribution is 5.92. The topological polar surface area (TPSA) is 213 Å². The van der Waals surface area contributed by atoms with Gasteiger partial charge in [0.25, 0.3) is 0 Å². The highest BCUT2D eigenvalue weighted by Gasteiger charge is 2.38. The molecule has 2 saturated heterocycles. The summed E-state index contributed by atoms with van der Waals surface area (Å²) in [5, 5.41) is 14.4. The number of nitrogens with zero attached hydrogens (tertiary/aromatic N) is 4. The Morgan fingerprint density at radius 3 is 2.22 bits per heavy atom. The fourth-order valence-corrected chi connectivity index (χ4v) is 7.64. The van der Waals surface area contributed by atoms with Crippen molar-refractivity contribution >= 4 is 45.8 Å². The van der Waals surface area contributed by atoms with Crippen LogP contribution in [0.2, 0.25) is 0 Å². The zero-order valence-electron chi connectivity index (χ0n) is 34.1. The van der Waals surface area contributed by atoms with Crippen molar-refractivity contribution in [2.24, 2.45) is 0 Å². The van der Waals surface area contributed by atoms with Crippen molar-refractivity contribution < 1.29 is 43.2 Å². The van der Waals surface area contributed by atoms with E-state index in [9.17, 15) is 19.2 Å². The van der Waals surface area contributed by atoms with Gasteiger partial charge in [0.15, 0.2) is 0 Å². The number of hydrogen-bond donors (Lipinski definition) is 5. The van der Waals surface area contributed by atoms with Crippen LogP contribution in [-0.2, 0) is 28.5 Å². The molecule has 59 heavy (non-hydrogen) atoms. The molecule has 314 valence electrons. The number of likely N-dealkylation sites (tertiary alicyclic amines) is 1. The Morgan fingerprint density at radius 2 is 1.51 bits per heavy atom. The van der Waals surface area contributed by atoms with Crippen LogP contribution in [0.4, 0.5) is 9.59 Å². The molecule has 3 unspecified atom stereocenters. The Balaban J connectivity index is 0.00000288. The van der Waals surface area contributed by atoms with Crippen LogP contribution >= 0.6 is 0 Å². The fourth-order valence-electron chi connectivity index (χ4n) is 7.64. The summed E-state index contributed by atoms with van der Waals surface area (Å²) in [5.74, 6) is 0.831. The van der Waals surface area contributed by atoms with E-state index in [1.165, 1.54) is 21.3 Å². The number of carbonyl (C=O) groups is 4. The summed E-state index contributed by atoms with van der Waals surface area (Å²) in [5.41, 5.74) is 5.40. The number of nitrogens with one attached hydrogen (secondary N) is 4. The maximum Gasteiger partial charge on any atom is 0.407 e. The van der Waals surface area contributed by atoms with E-state index in [1.54, 1.807) is 22.9 Å². The van der Waals surface area contributed by atoms with Crippen molar-refractivity contribution in [3.8, 4) is 22.4 Å². The summed E-state index contributed by atoms with van der Waals surface area (Å²) in [6.45, 7) is 5.07. The van der Waals surface area contributed by atoms with Crippen molar-refractivity contribution in [3.05, 3.63) is 72.4 Å². The molecule has 0 saturated carbocycles. The van der Waals surface area contributed by atoms with Gasteiger partial charge < -0.3 is 54.5 Å². The van der Waals surface area contributed by atoms with Gasteiger partial charge in [-0.3, -0.25) is 9.59 Å². The first kappa shape index (κ1) is 42.6. The predicted molar refractivity (Wildman–Crippen MR) is 219 cm³/mol. The second-order valence-electron chi connectivity index (χ2n) is 14.3. The summed E-state index contributed by atoms with van der Waals surface area (Å²) in [6, 6.07) is 16.2. The van der Waals surface area contributed by atoms with Crippen molar-refractivity contribution in [3.63, 3.8) is 0 Å². The molecule has 0 radical (unpaired) electrons. The Hall–Kier alpha value is -6.04. The number of benzene rings is 3. The third-order valence-corrected chi connectivity index (χ3v) is 10.9. The zero-order chi connectivity index (χ0) is 42.2. The number of alkyl carbamates (subject to hydrolysis) is 2. The Kier molecular flexibility index (Phi) is 13.8. The monoisotopic (exact) mass is 812 g/mol. The number of H-pyrrole nitrogens is 2. The summed E-state index contributed by atoms with van der Waals surface area (Å²) < 4.78 is 20.7. The number of aromatic amines is 2. The molecule has 5 N–H and O–H groups in total. The molecule has 5 atom stereocenters. The van der Waals surface area contributed by atoms with Crippen LogP contribution < -0.4 is 10.6 Å². The number of fused-ring (bicyclic) bond motifs is 2. The van der Waals surface area contributed by atoms with Gasteiger partial charge >= 0.3 is 12.2 Å². The van der Waals surface area contributed by atoms with Gasteiger partial charge in [-0.05, 0) is 72.4 Å². The van der Waals surface area contributed by atoms with E-state index in [4.69, 9.17) is 29.0 Å². The van der Waals surface area contributed by atoms with E-state index in [2.05, 4.69) is 62.0 Å². The molecule has 4 heterocycles. The third kappa shape index (κ3) is 9.16. The quantitative estimate of drug-likeness (QED) is 0.122. The largest absolute Gasteiger partial charge is 0.453 e. The molecule has 3 aromatic carbocycles. The smallest absolute Gasteiger partial charge is 0.407 e. The SMILES string of the molecule is CC[C@H](NC(=O)OC)C(=O)N1CCC[C@H]1c1ncc(-c2ccc3cc(-c4ccc5nc(C6COCCN6C(=O)C(NC(=O)OC)C(C)OC)[nH]c5c4)ccc3c2)[nH]1.CO. The highest BCUT2D eigenvalue weighted by atomic mass is 16.5. The van der Waals surface area contributed by atoms with E-state index in [1.807, 2.05) is 25.1 Å².